The molecule has 0 spiro atoms. The molecule has 0 aliphatic heterocycles. The predicted molar refractivity (Wildman–Crippen MR) is 87.2 cm³/mol. The van der Waals surface area contributed by atoms with Crippen molar-refractivity contribution in [3.05, 3.63) is 24.3 Å². The van der Waals surface area contributed by atoms with Gasteiger partial charge in [0.2, 0.25) is 5.91 Å². The Hall–Kier alpha value is -1.30. The van der Waals surface area contributed by atoms with Crippen LogP contribution < -0.4 is 15.8 Å². The van der Waals surface area contributed by atoms with Crippen LogP contribution >= 0.6 is 12.4 Å². The highest BCUT2D eigenvalue weighted by atomic mass is 35.5. The van der Waals surface area contributed by atoms with Crippen LogP contribution in [0, 0.1) is 0 Å². The molecule has 1 aromatic rings. The Bertz CT molecular complexity index is 414. The van der Waals surface area contributed by atoms with Gasteiger partial charge in [-0.05, 0) is 25.5 Å². The van der Waals surface area contributed by atoms with Gasteiger partial charge in [-0.15, -0.1) is 12.4 Å². The van der Waals surface area contributed by atoms with Crippen LogP contribution in [0.1, 0.15) is 26.2 Å². The molecule has 5 nitrogen and oxygen atoms in total. The number of methoxy groups -OCH3 is 1. The first-order chi connectivity index (χ1) is 9.63. The Labute approximate surface area is 132 Å². The first kappa shape index (κ1) is 19.7. The number of nitrogens with two attached hydrogens (primary N) is 1. The van der Waals surface area contributed by atoms with Gasteiger partial charge in [0.1, 0.15) is 5.75 Å². The van der Waals surface area contributed by atoms with Gasteiger partial charge in [-0.1, -0.05) is 12.1 Å². The number of benzene rings is 1. The van der Waals surface area contributed by atoms with Crippen molar-refractivity contribution in [1.82, 2.24) is 0 Å². The lowest BCUT2D eigenvalue weighted by atomic mass is 10.2. The van der Waals surface area contributed by atoms with E-state index in [0.29, 0.717) is 37.5 Å². The van der Waals surface area contributed by atoms with E-state index in [0.717, 1.165) is 6.42 Å². The van der Waals surface area contributed by atoms with E-state index < -0.39 is 0 Å². The van der Waals surface area contributed by atoms with Gasteiger partial charge in [0, 0.05) is 32.6 Å². The number of hydrogen-bond acceptors (Lipinski definition) is 4. The maximum absolute atomic E-state index is 11.8. The van der Waals surface area contributed by atoms with Gasteiger partial charge in [-0.3, -0.25) is 4.79 Å². The van der Waals surface area contributed by atoms with E-state index >= 15 is 0 Å². The molecule has 0 radical (unpaired) electrons. The Morgan fingerprint density at radius 3 is 2.71 bits per heavy atom. The minimum absolute atomic E-state index is 0. The fraction of sp³-hybridized carbons (Fsp3) is 0.533. The first-order valence-electron chi connectivity index (χ1n) is 6.89. The SMILES string of the molecule is COCCCOc1ccccc1NC(=O)CCC(C)N.Cl. The largest absolute Gasteiger partial charge is 0.491 e. The van der Waals surface area contributed by atoms with Gasteiger partial charge in [-0.2, -0.15) is 0 Å². The number of carbonyl (C=O) groups is 1. The van der Waals surface area contributed by atoms with Gasteiger partial charge >= 0.3 is 0 Å². The van der Waals surface area contributed by atoms with Crippen molar-refractivity contribution in [3.8, 4) is 5.75 Å². The maximum atomic E-state index is 11.8. The smallest absolute Gasteiger partial charge is 0.224 e. The van der Waals surface area contributed by atoms with Crippen LogP contribution in [0.3, 0.4) is 0 Å². The van der Waals surface area contributed by atoms with Crippen LogP contribution in [0.5, 0.6) is 5.75 Å². The zero-order valence-corrected chi connectivity index (χ0v) is 13.4. The second-order valence-electron chi connectivity index (χ2n) is 4.76. The lowest BCUT2D eigenvalue weighted by molar-refractivity contribution is -0.116. The normalized spacial score (nSPS) is 11.4. The van der Waals surface area contributed by atoms with Crippen molar-refractivity contribution in [2.24, 2.45) is 5.73 Å². The van der Waals surface area contributed by atoms with Crippen LogP contribution in [-0.4, -0.2) is 32.3 Å². The zero-order valence-electron chi connectivity index (χ0n) is 12.6. The topological polar surface area (TPSA) is 73.6 Å². The van der Waals surface area contributed by atoms with E-state index in [1.807, 2.05) is 31.2 Å². The van der Waals surface area contributed by atoms with Gasteiger partial charge in [0.25, 0.3) is 0 Å². The summed E-state index contributed by atoms with van der Waals surface area (Å²) in [5, 5.41) is 2.86. The van der Waals surface area contributed by atoms with Gasteiger partial charge in [0.15, 0.2) is 0 Å². The summed E-state index contributed by atoms with van der Waals surface area (Å²) < 4.78 is 10.6. The summed E-state index contributed by atoms with van der Waals surface area (Å²) in [6, 6.07) is 7.44. The molecule has 1 aromatic carbocycles. The minimum atomic E-state index is -0.0461. The zero-order chi connectivity index (χ0) is 14.8. The number of para-hydroxylation sites is 2. The molecule has 21 heavy (non-hydrogen) atoms. The molecule has 0 saturated heterocycles. The van der Waals surface area contributed by atoms with Crippen molar-refractivity contribution in [2.45, 2.75) is 32.2 Å². The second-order valence-corrected chi connectivity index (χ2v) is 4.76. The van der Waals surface area contributed by atoms with Crippen molar-refractivity contribution in [2.75, 3.05) is 25.6 Å². The van der Waals surface area contributed by atoms with E-state index in [-0.39, 0.29) is 24.4 Å². The summed E-state index contributed by atoms with van der Waals surface area (Å²) in [4.78, 5) is 11.8. The van der Waals surface area contributed by atoms with Crippen molar-refractivity contribution < 1.29 is 14.3 Å². The monoisotopic (exact) mass is 316 g/mol. The summed E-state index contributed by atoms with van der Waals surface area (Å²) in [6.07, 6.45) is 1.89. The van der Waals surface area contributed by atoms with Gasteiger partial charge in [0.05, 0.1) is 12.3 Å². The molecule has 1 amide bonds. The number of nitrogens with one attached hydrogen (secondary N) is 1. The number of ether oxygens (including phenoxy) is 2. The molecule has 0 saturated carbocycles. The van der Waals surface area contributed by atoms with Crippen LogP contribution in [0.2, 0.25) is 0 Å². The molecular formula is C15H25ClN2O3. The highest BCUT2D eigenvalue weighted by Crippen LogP contribution is 2.24. The van der Waals surface area contributed by atoms with Crippen molar-refractivity contribution >= 4 is 24.0 Å². The molecule has 1 unspecified atom stereocenters. The van der Waals surface area contributed by atoms with Crippen LogP contribution in [0.25, 0.3) is 0 Å². The number of amides is 1. The fourth-order valence-electron chi connectivity index (χ4n) is 1.65. The van der Waals surface area contributed by atoms with Gasteiger partial charge in [-0.25, -0.2) is 0 Å². The molecule has 0 fully saturated rings. The number of halogens is 1. The molecule has 0 aliphatic carbocycles. The summed E-state index contributed by atoms with van der Waals surface area (Å²) in [7, 11) is 1.66. The summed E-state index contributed by atoms with van der Waals surface area (Å²) in [5.41, 5.74) is 6.34. The number of anilines is 1. The Morgan fingerprint density at radius 2 is 2.05 bits per heavy atom. The molecule has 0 aliphatic rings. The molecule has 6 heteroatoms. The average molecular weight is 317 g/mol. The Morgan fingerprint density at radius 1 is 1.33 bits per heavy atom. The predicted octanol–water partition coefficient (Wildman–Crippen LogP) is 2.59. The standard InChI is InChI=1S/C15H24N2O3.ClH/c1-12(16)8-9-15(18)17-13-6-3-4-7-14(13)20-11-5-10-19-2;/h3-4,6-7,12H,5,8-11,16H2,1-2H3,(H,17,18);1H. The third-order valence-electron chi connectivity index (χ3n) is 2.74. The van der Waals surface area contributed by atoms with Crippen LogP contribution in [0.4, 0.5) is 5.69 Å². The van der Waals surface area contributed by atoms with Crippen LogP contribution in [0.15, 0.2) is 24.3 Å². The summed E-state index contributed by atoms with van der Waals surface area (Å²) in [6.45, 7) is 3.10. The van der Waals surface area contributed by atoms with Crippen LogP contribution in [-0.2, 0) is 9.53 Å². The summed E-state index contributed by atoms with van der Waals surface area (Å²) >= 11 is 0. The van der Waals surface area contributed by atoms with Gasteiger partial charge < -0.3 is 20.5 Å². The highest BCUT2D eigenvalue weighted by Gasteiger charge is 2.08. The fourth-order valence-corrected chi connectivity index (χ4v) is 1.65. The quantitative estimate of drug-likeness (QED) is 0.687. The number of rotatable bonds is 9. The summed E-state index contributed by atoms with van der Waals surface area (Å²) in [5.74, 6) is 0.632. The van der Waals surface area contributed by atoms with Crippen molar-refractivity contribution in [1.29, 1.82) is 0 Å². The van der Waals surface area contributed by atoms with E-state index in [4.69, 9.17) is 15.2 Å². The lowest BCUT2D eigenvalue weighted by Gasteiger charge is -2.12. The molecular weight excluding hydrogens is 292 g/mol. The van der Waals surface area contributed by atoms with E-state index in [1.165, 1.54) is 0 Å². The highest BCUT2D eigenvalue weighted by molar-refractivity contribution is 5.92. The third kappa shape index (κ3) is 8.55. The molecule has 0 aromatic heterocycles. The number of carbonyl (C=O) groups excluding carboxylic acids is 1. The minimum Gasteiger partial charge on any atom is -0.491 e. The van der Waals surface area contributed by atoms with E-state index in [1.54, 1.807) is 7.11 Å². The molecule has 3 N–H and O–H groups in total. The Kier molecular flexibility index (Phi) is 10.7. The van der Waals surface area contributed by atoms with E-state index in [2.05, 4.69) is 5.32 Å². The molecule has 1 rings (SSSR count). The maximum Gasteiger partial charge on any atom is 0.224 e. The molecule has 0 heterocycles. The first-order valence-corrected chi connectivity index (χ1v) is 6.89. The average Bonchev–Trinajstić information content (AvgIpc) is 2.43. The van der Waals surface area contributed by atoms with E-state index in [9.17, 15) is 4.79 Å². The number of hydrogen-bond donors (Lipinski definition) is 2. The molecule has 1 atom stereocenters. The van der Waals surface area contributed by atoms with Crippen molar-refractivity contribution in [3.63, 3.8) is 0 Å². The Balaban J connectivity index is 0.00000400. The second kappa shape index (κ2) is 11.4. The third-order valence-corrected chi connectivity index (χ3v) is 2.74. The molecule has 120 valence electrons. The molecule has 0 bridgehead atoms. The lowest BCUT2D eigenvalue weighted by Crippen LogP contribution is -2.19.